The number of hydrogen-bond donors (Lipinski definition) is 2. The Balaban J connectivity index is 1.20. The van der Waals surface area contributed by atoms with Crippen molar-refractivity contribution in [3.05, 3.63) is 66.4 Å². The van der Waals surface area contributed by atoms with Crippen LogP contribution in [0.1, 0.15) is 48.9 Å². The second kappa shape index (κ2) is 10.4. The van der Waals surface area contributed by atoms with Crippen LogP contribution in [0.5, 0.6) is 0 Å². The Morgan fingerprint density at radius 3 is 2.50 bits per heavy atom. The fourth-order valence-electron chi connectivity index (χ4n) is 5.47. The van der Waals surface area contributed by atoms with Gasteiger partial charge in [-0.15, -0.1) is 0 Å². The van der Waals surface area contributed by atoms with Gasteiger partial charge in [0.1, 0.15) is 6.54 Å². The second-order valence-corrected chi connectivity index (χ2v) is 9.73. The number of para-hydroxylation sites is 1. The van der Waals surface area contributed by atoms with Crippen LogP contribution in [0.2, 0.25) is 0 Å². The third-order valence-corrected chi connectivity index (χ3v) is 7.49. The molecule has 2 fully saturated rings. The number of nitrogens with one attached hydrogen (secondary N) is 2. The Morgan fingerprint density at radius 1 is 0.971 bits per heavy atom. The van der Waals surface area contributed by atoms with Crippen LogP contribution in [-0.4, -0.2) is 53.9 Å². The maximum Gasteiger partial charge on any atom is 0.258 e. The summed E-state index contributed by atoms with van der Waals surface area (Å²) >= 11 is 0. The molecule has 1 saturated carbocycles. The molecule has 2 heterocycles. The lowest BCUT2D eigenvalue weighted by molar-refractivity contribution is -0.120. The van der Waals surface area contributed by atoms with E-state index in [-0.39, 0.29) is 18.4 Å². The number of piperidine rings is 1. The number of anilines is 1. The number of H-pyrrole nitrogens is 1. The van der Waals surface area contributed by atoms with Crippen molar-refractivity contribution < 1.29 is 9.59 Å². The van der Waals surface area contributed by atoms with E-state index < -0.39 is 0 Å². The Hall–Kier alpha value is -3.12. The number of likely N-dealkylation sites (tertiary alicyclic amines) is 1. The van der Waals surface area contributed by atoms with E-state index in [1.165, 1.54) is 25.7 Å². The minimum absolute atomic E-state index is 0.00648. The topological polar surface area (TPSA) is 68.4 Å². The first-order valence-corrected chi connectivity index (χ1v) is 12.6. The summed E-state index contributed by atoms with van der Waals surface area (Å²) < 4.78 is 0. The predicted octanol–water partition coefficient (Wildman–Crippen LogP) is 4.59. The molecule has 0 bridgehead atoms. The van der Waals surface area contributed by atoms with Crippen LogP contribution >= 0.6 is 0 Å². The number of fused-ring (bicyclic) bond motifs is 1. The van der Waals surface area contributed by atoms with E-state index in [1.807, 2.05) is 60.8 Å². The van der Waals surface area contributed by atoms with Gasteiger partial charge in [-0.25, -0.2) is 0 Å². The van der Waals surface area contributed by atoms with E-state index in [1.54, 1.807) is 4.90 Å². The van der Waals surface area contributed by atoms with Gasteiger partial charge in [-0.05, 0) is 80.4 Å². The summed E-state index contributed by atoms with van der Waals surface area (Å²) in [4.78, 5) is 33.8. The molecule has 5 rings (SSSR count). The highest BCUT2D eigenvalue weighted by Gasteiger charge is 2.27. The molecule has 6 heteroatoms. The molecule has 2 N–H and O–H groups in total. The largest absolute Gasteiger partial charge is 0.361 e. The minimum Gasteiger partial charge on any atom is -0.361 e. The van der Waals surface area contributed by atoms with E-state index in [0.29, 0.717) is 18.0 Å². The number of nitrogens with zero attached hydrogens (tertiary/aromatic N) is 2. The highest BCUT2D eigenvalue weighted by atomic mass is 16.2. The molecule has 178 valence electrons. The van der Waals surface area contributed by atoms with Gasteiger partial charge in [0.25, 0.3) is 5.91 Å². The lowest BCUT2D eigenvalue weighted by Gasteiger charge is -2.36. The van der Waals surface area contributed by atoms with Gasteiger partial charge >= 0.3 is 0 Å². The van der Waals surface area contributed by atoms with Gasteiger partial charge in [-0.1, -0.05) is 37.1 Å². The van der Waals surface area contributed by atoms with Crippen LogP contribution in [-0.2, 0) is 4.79 Å². The zero-order valence-electron chi connectivity index (χ0n) is 19.7. The molecular weight excluding hydrogens is 424 g/mol. The summed E-state index contributed by atoms with van der Waals surface area (Å²) in [6, 6.07) is 17.8. The molecule has 3 aromatic rings. The van der Waals surface area contributed by atoms with Crippen LogP contribution in [0.4, 0.5) is 5.69 Å². The SMILES string of the molecule is O=C(CN(C(=O)c1ccc2cc[nH]c2c1)c1ccccc1)NCC1CCN(C2CCCC2)CC1. The predicted molar refractivity (Wildman–Crippen MR) is 136 cm³/mol. The maximum absolute atomic E-state index is 13.4. The third-order valence-electron chi connectivity index (χ3n) is 7.49. The van der Waals surface area contributed by atoms with Gasteiger partial charge in [0.2, 0.25) is 5.91 Å². The van der Waals surface area contributed by atoms with Crippen molar-refractivity contribution in [1.82, 2.24) is 15.2 Å². The fourth-order valence-corrected chi connectivity index (χ4v) is 5.47. The smallest absolute Gasteiger partial charge is 0.258 e. The molecule has 0 spiro atoms. The zero-order valence-corrected chi connectivity index (χ0v) is 19.7. The quantitative estimate of drug-likeness (QED) is 0.544. The maximum atomic E-state index is 13.4. The van der Waals surface area contributed by atoms with Gasteiger partial charge in [0, 0.05) is 35.6 Å². The Morgan fingerprint density at radius 2 is 1.74 bits per heavy atom. The van der Waals surface area contributed by atoms with Crippen LogP contribution in [0.15, 0.2) is 60.8 Å². The number of aromatic nitrogens is 1. The van der Waals surface area contributed by atoms with Crippen molar-refractivity contribution >= 4 is 28.4 Å². The zero-order chi connectivity index (χ0) is 23.3. The highest BCUT2D eigenvalue weighted by Crippen LogP contribution is 2.27. The summed E-state index contributed by atoms with van der Waals surface area (Å²) in [5.41, 5.74) is 2.19. The van der Waals surface area contributed by atoms with Crippen molar-refractivity contribution in [2.24, 2.45) is 5.92 Å². The molecule has 2 aromatic carbocycles. The summed E-state index contributed by atoms with van der Waals surface area (Å²) in [5.74, 6) is 0.219. The van der Waals surface area contributed by atoms with Crippen LogP contribution in [0.3, 0.4) is 0 Å². The average molecular weight is 459 g/mol. The highest BCUT2D eigenvalue weighted by molar-refractivity contribution is 6.10. The lowest BCUT2D eigenvalue weighted by atomic mass is 9.95. The monoisotopic (exact) mass is 458 g/mol. The second-order valence-electron chi connectivity index (χ2n) is 9.73. The van der Waals surface area contributed by atoms with Crippen LogP contribution in [0.25, 0.3) is 10.9 Å². The molecule has 0 unspecified atom stereocenters. The van der Waals surface area contributed by atoms with Crippen molar-refractivity contribution in [2.45, 2.75) is 44.6 Å². The van der Waals surface area contributed by atoms with Crippen molar-refractivity contribution in [3.8, 4) is 0 Å². The summed E-state index contributed by atoms with van der Waals surface area (Å²) in [7, 11) is 0. The molecule has 2 aliphatic rings. The van der Waals surface area contributed by atoms with Gasteiger partial charge in [-0.3, -0.25) is 14.5 Å². The first-order chi connectivity index (χ1) is 16.7. The van der Waals surface area contributed by atoms with Crippen molar-refractivity contribution in [1.29, 1.82) is 0 Å². The molecule has 2 amide bonds. The van der Waals surface area contributed by atoms with Crippen molar-refractivity contribution in [3.63, 3.8) is 0 Å². The van der Waals surface area contributed by atoms with Gasteiger partial charge in [-0.2, -0.15) is 0 Å². The van der Waals surface area contributed by atoms with Crippen molar-refractivity contribution in [2.75, 3.05) is 31.1 Å². The molecular formula is C28H34N4O2. The van der Waals surface area contributed by atoms with Gasteiger partial charge in [0.05, 0.1) is 0 Å². The number of benzene rings is 2. The molecule has 1 aliphatic heterocycles. The minimum atomic E-state index is -0.178. The van der Waals surface area contributed by atoms with Gasteiger partial charge < -0.3 is 15.2 Å². The normalized spacial score (nSPS) is 17.8. The molecule has 1 saturated heterocycles. The molecule has 6 nitrogen and oxygen atoms in total. The number of amides is 2. The first kappa shape index (κ1) is 22.7. The van der Waals surface area contributed by atoms with E-state index in [2.05, 4.69) is 15.2 Å². The molecule has 1 aliphatic carbocycles. The lowest BCUT2D eigenvalue weighted by Crippen LogP contribution is -2.45. The van der Waals surface area contributed by atoms with Gasteiger partial charge in [0.15, 0.2) is 0 Å². The number of hydrogen-bond acceptors (Lipinski definition) is 3. The standard InChI is InChI=1S/C28H34N4O2/c33-27(30-19-21-13-16-31(17-14-21)24-6-4-5-7-24)20-32(25-8-2-1-3-9-25)28(34)23-11-10-22-12-15-29-26(22)18-23/h1-3,8-12,15,18,21,24,29H,4-7,13-14,16-17,19-20H2,(H,30,33). The van der Waals surface area contributed by atoms with E-state index in [9.17, 15) is 9.59 Å². The average Bonchev–Trinajstić information content (AvgIpc) is 3.58. The Bertz CT molecular complexity index is 1110. The molecule has 34 heavy (non-hydrogen) atoms. The van der Waals surface area contributed by atoms with E-state index in [0.717, 1.165) is 48.6 Å². The van der Waals surface area contributed by atoms with Crippen LogP contribution in [0, 0.1) is 5.92 Å². The molecule has 0 atom stereocenters. The first-order valence-electron chi connectivity index (χ1n) is 12.6. The Labute approximate surface area is 201 Å². The number of rotatable bonds is 7. The number of carbonyl (C=O) groups excluding carboxylic acids is 2. The summed E-state index contributed by atoms with van der Waals surface area (Å²) in [5, 5.41) is 4.17. The third kappa shape index (κ3) is 5.17. The fraction of sp³-hybridized carbons (Fsp3) is 0.429. The van der Waals surface area contributed by atoms with Crippen LogP contribution < -0.4 is 10.2 Å². The number of aromatic amines is 1. The summed E-state index contributed by atoms with van der Waals surface area (Å²) in [6.07, 6.45) is 9.57. The Kier molecular flexibility index (Phi) is 6.95. The summed E-state index contributed by atoms with van der Waals surface area (Å²) in [6.45, 7) is 2.97. The molecule has 1 aromatic heterocycles. The molecule has 0 radical (unpaired) electrons. The van der Waals surface area contributed by atoms with E-state index >= 15 is 0 Å². The van der Waals surface area contributed by atoms with E-state index in [4.69, 9.17) is 0 Å². The number of carbonyl (C=O) groups is 2.